The zero-order valence-corrected chi connectivity index (χ0v) is 11.9. The fourth-order valence-corrected chi connectivity index (χ4v) is 1.67. The van der Waals surface area contributed by atoms with Gasteiger partial charge in [-0.25, -0.2) is 0 Å². The lowest BCUT2D eigenvalue weighted by atomic mass is 9.86. The molecule has 0 N–H and O–H groups in total. The summed E-state index contributed by atoms with van der Waals surface area (Å²) in [6.07, 6.45) is 2.33. The lowest BCUT2D eigenvalue weighted by Gasteiger charge is -2.19. The van der Waals surface area contributed by atoms with Crippen LogP contribution in [0, 0.1) is 0 Å². The first kappa shape index (κ1) is 14.5. The minimum Gasteiger partial charge on any atom is -0.435 e. The molecule has 0 fully saturated rings. The molecule has 1 aromatic carbocycles. The highest BCUT2D eigenvalue weighted by atomic mass is 16.5. The molecule has 0 heterocycles. The van der Waals surface area contributed by atoms with Gasteiger partial charge >= 0.3 is 5.97 Å². The molecule has 2 nitrogen and oxygen atoms in total. The topological polar surface area (TPSA) is 26.3 Å². The van der Waals surface area contributed by atoms with Crippen molar-refractivity contribution in [3.8, 4) is 0 Å². The van der Waals surface area contributed by atoms with Crippen molar-refractivity contribution in [2.24, 2.45) is 0 Å². The maximum absolute atomic E-state index is 10.7. The van der Waals surface area contributed by atoms with E-state index in [-0.39, 0.29) is 11.4 Å². The van der Waals surface area contributed by atoms with Crippen LogP contribution in [0.5, 0.6) is 0 Å². The van der Waals surface area contributed by atoms with Crippen molar-refractivity contribution < 1.29 is 9.53 Å². The van der Waals surface area contributed by atoms with Crippen molar-refractivity contribution in [2.45, 2.75) is 46.5 Å². The van der Waals surface area contributed by atoms with Gasteiger partial charge in [0.15, 0.2) is 0 Å². The van der Waals surface area contributed by atoms with Gasteiger partial charge in [0.25, 0.3) is 0 Å². The number of esters is 1. The standard InChI is InChI=1S/C16H22O2/c1-12(11-18-13(2)17)10-14-6-8-15(9-7-14)16(3,4)5/h6-9,11H,10H2,1-5H3. The molecule has 0 unspecified atom stereocenters. The first-order valence-electron chi connectivity index (χ1n) is 6.21. The average molecular weight is 246 g/mol. The second-order valence-corrected chi connectivity index (χ2v) is 5.70. The highest BCUT2D eigenvalue weighted by molar-refractivity contribution is 5.66. The van der Waals surface area contributed by atoms with Crippen LogP contribution in [0.4, 0.5) is 0 Å². The van der Waals surface area contributed by atoms with Gasteiger partial charge in [0, 0.05) is 6.92 Å². The zero-order valence-electron chi connectivity index (χ0n) is 11.9. The number of benzene rings is 1. The first-order valence-corrected chi connectivity index (χ1v) is 6.21. The molecule has 1 rings (SSSR count). The van der Waals surface area contributed by atoms with Crippen molar-refractivity contribution in [1.29, 1.82) is 0 Å². The summed E-state index contributed by atoms with van der Waals surface area (Å²) in [4.78, 5) is 10.7. The molecule has 0 aromatic heterocycles. The number of hydrogen-bond donors (Lipinski definition) is 0. The van der Waals surface area contributed by atoms with Crippen LogP contribution in [0.3, 0.4) is 0 Å². The Morgan fingerprint density at radius 2 is 1.72 bits per heavy atom. The smallest absolute Gasteiger partial charge is 0.307 e. The van der Waals surface area contributed by atoms with E-state index in [9.17, 15) is 4.79 Å². The summed E-state index contributed by atoms with van der Waals surface area (Å²) in [5.74, 6) is -0.280. The quantitative estimate of drug-likeness (QED) is 0.595. The van der Waals surface area contributed by atoms with E-state index in [0.29, 0.717) is 0 Å². The second-order valence-electron chi connectivity index (χ2n) is 5.70. The van der Waals surface area contributed by atoms with Gasteiger partial charge in [-0.1, -0.05) is 45.0 Å². The van der Waals surface area contributed by atoms with Crippen LogP contribution in [0.1, 0.15) is 45.7 Å². The van der Waals surface area contributed by atoms with Crippen LogP contribution >= 0.6 is 0 Å². The van der Waals surface area contributed by atoms with Crippen LogP contribution in [0.25, 0.3) is 0 Å². The molecular formula is C16H22O2. The minimum atomic E-state index is -0.280. The fraction of sp³-hybridized carbons (Fsp3) is 0.438. The molecule has 0 radical (unpaired) electrons. The molecule has 18 heavy (non-hydrogen) atoms. The third-order valence-electron chi connectivity index (χ3n) is 2.73. The Kier molecular flexibility index (Phi) is 4.71. The van der Waals surface area contributed by atoms with Crippen molar-refractivity contribution in [3.63, 3.8) is 0 Å². The van der Waals surface area contributed by atoms with E-state index in [1.165, 1.54) is 24.3 Å². The number of allylic oxidation sites excluding steroid dienone is 1. The lowest BCUT2D eigenvalue weighted by molar-refractivity contribution is -0.135. The Morgan fingerprint density at radius 3 is 2.17 bits per heavy atom. The maximum atomic E-state index is 10.7. The molecule has 0 saturated carbocycles. The van der Waals surface area contributed by atoms with Gasteiger partial charge in [-0.3, -0.25) is 4.79 Å². The molecule has 2 heteroatoms. The van der Waals surface area contributed by atoms with Gasteiger partial charge < -0.3 is 4.74 Å². The van der Waals surface area contributed by atoms with Gasteiger partial charge in [0.1, 0.15) is 0 Å². The van der Waals surface area contributed by atoms with E-state index < -0.39 is 0 Å². The molecular weight excluding hydrogens is 224 g/mol. The summed E-state index contributed by atoms with van der Waals surface area (Å²) < 4.78 is 4.85. The Labute approximate surface area is 110 Å². The number of carbonyl (C=O) groups excluding carboxylic acids is 1. The van der Waals surface area contributed by atoms with Crippen molar-refractivity contribution >= 4 is 5.97 Å². The fourth-order valence-electron chi connectivity index (χ4n) is 1.67. The number of rotatable bonds is 3. The minimum absolute atomic E-state index is 0.182. The molecule has 0 saturated heterocycles. The third-order valence-corrected chi connectivity index (χ3v) is 2.73. The highest BCUT2D eigenvalue weighted by Crippen LogP contribution is 2.22. The van der Waals surface area contributed by atoms with Crippen LogP contribution in [-0.2, 0) is 21.4 Å². The van der Waals surface area contributed by atoms with Gasteiger partial charge in [0.2, 0.25) is 0 Å². The van der Waals surface area contributed by atoms with E-state index >= 15 is 0 Å². The largest absolute Gasteiger partial charge is 0.435 e. The van der Waals surface area contributed by atoms with Crippen molar-refractivity contribution in [1.82, 2.24) is 0 Å². The van der Waals surface area contributed by atoms with Crippen LogP contribution in [-0.4, -0.2) is 5.97 Å². The van der Waals surface area contributed by atoms with Crippen LogP contribution in [0.2, 0.25) is 0 Å². The molecule has 0 aliphatic carbocycles. The third kappa shape index (κ3) is 4.74. The SMILES string of the molecule is CC(=O)OC=C(C)Cc1ccc(C(C)(C)C)cc1. The predicted octanol–water partition coefficient (Wildman–Crippen LogP) is 3.99. The number of carbonyl (C=O) groups is 1. The summed E-state index contributed by atoms with van der Waals surface area (Å²) in [7, 11) is 0. The molecule has 0 aliphatic heterocycles. The molecule has 0 aliphatic rings. The average Bonchev–Trinajstić information content (AvgIpc) is 2.26. The molecule has 1 aromatic rings. The summed E-state index contributed by atoms with van der Waals surface area (Å²) in [6.45, 7) is 9.97. The molecule has 0 atom stereocenters. The predicted molar refractivity (Wildman–Crippen MR) is 74.4 cm³/mol. The Morgan fingerprint density at radius 1 is 1.17 bits per heavy atom. The van der Waals surface area contributed by atoms with Crippen molar-refractivity contribution in [3.05, 3.63) is 47.2 Å². The Balaban J connectivity index is 2.70. The van der Waals surface area contributed by atoms with E-state index in [0.717, 1.165) is 12.0 Å². The van der Waals surface area contributed by atoms with E-state index in [1.54, 1.807) is 0 Å². The van der Waals surface area contributed by atoms with E-state index in [4.69, 9.17) is 4.74 Å². The normalized spacial score (nSPS) is 12.4. The molecule has 0 bridgehead atoms. The van der Waals surface area contributed by atoms with Crippen molar-refractivity contribution in [2.75, 3.05) is 0 Å². The van der Waals surface area contributed by atoms with Crippen LogP contribution in [0.15, 0.2) is 36.1 Å². The van der Waals surface area contributed by atoms with E-state index in [1.807, 2.05) is 6.92 Å². The van der Waals surface area contributed by atoms with Gasteiger partial charge in [-0.15, -0.1) is 0 Å². The maximum Gasteiger partial charge on any atom is 0.307 e. The second kappa shape index (κ2) is 5.85. The van der Waals surface area contributed by atoms with Gasteiger partial charge in [-0.05, 0) is 35.5 Å². The molecule has 0 spiro atoms. The monoisotopic (exact) mass is 246 g/mol. The van der Waals surface area contributed by atoms with Crippen LogP contribution < -0.4 is 0 Å². The summed E-state index contributed by atoms with van der Waals surface area (Å²) in [6, 6.07) is 8.58. The highest BCUT2D eigenvalue weighted by Gasteiger charge is 2.12. The number of ether oxygens (including phenoxy) is 1. The Bertz CT molecular complexity index is 433. The van der Waals surface area contributed by atoms with Gasteiger partial charge in [-0.2, -0.15) is 0 Å². The lowest BCUT2D eigenvalue weighted by Crippen LogP contribution is -2.10. The van der Waals surface area contributed by atoms with Gasteiger partial charge in [0.05, 0.1) is 6.26 Å². The first-order chi connectivity index (χ1) is 8.29. The zero-order chi connectivity index (χ0) is 13.8. The number of hydrogen-bond acceptors (Lipinski definition) is 2. The summed E-state index contributed by atoms with van der Waals surface area (Å²) in [5, 5.41) is 0. The Hall–Kier alpha value is -1.57. The molecule has 98 valence electrons. The summed E-state index contributed by atoms with van der Waals surface area (Å²) in [5.41, 5.74) is 3.77. The molecule has 0 amide bonds. The van der Waals surface area contributed by atoms with E-state index in [2.05, 4.69) is 45.0 Å². The summed E-state index contributed by atoms with van der Waals surface area (Å²) >= 11 is 0.